The Kier molecular flexibility index (Phi) is 8.23. The van der Waals surface area contributed by atoms with Gasteiger partial charge in [0.2, 0.25) is 0 Å². The third-order valence-corrected chi connectivity index (χ3v) is 6.77. The first kappa shape index (κ1) is 25.0. The minimum Gasteiger partial charge on any atom is -0.303 e. The Bertz CT molecular complexity index is 969. The second-order valence-corrected chi connectivity index (χ2v) is 9.79. The van der Waals surface area contributed by atoms with Crippen LogP contribution in [0.4, 0.5) is 18.9 Å². The molecule has 0 saturated carbocycles. The maximum atomic E-state index is 13.0. The van der Waals surface area contributed by atoms with Crippen molar-refractivity contribution in [3.63, 3.8) is 0 Å². The number of hydrogen-bond donors (Lipinski definition) is 1. The van der Waals surface area contributed by atoms with E-state index in [-0.39, 0.29) is 16.9 Å². The zero-order valence-corrected chi connectivity index (χ0v) is 19.5. The van der Waals surface area contributed by atoms with Gasteiger partial charge in [0.25, 0.3) is 10.0 Å². The maximum absolute atomic E-state index is 13.0. The number of alkyl halides is 3. The lowest BCUT2D eigenvalue weighted by molar-refractivity contribution is -0.137. The van der Waals surface area contributed by atoms with Crippen molar-refractivity contribution < 1.29 is 21.6 Å². The molecular weight excluding hydrogens is 505 g/mol. The van der Waals surface area contributed by atoms with E-state index in [9.17, 15) is 21.6 Å². The molecule has 1 unspecified atom stereocenters. The van der Waals surface area contributed by atoms with Crippen LogP contribution in [0.1, 0.15) is 36.8 Å². The lowest BCUT2D eigenvalue weighted by Gasteiger charge is -2.15. The fourth-order valence-corrected chi connectivity index (χ4v) is 5.32. The van der Waals surface area contributed by atoms with Crippen LogP contribution in [0.3, 0.4) is 0 Å². The van der Waals surface area contributed by atoms with Crippen molar-refractivity contribution in [2.24, 2.45) is 0 Å². The lowest BCUT2D eigenvalue weighted by Crippen LogP contribution is -2.20. The predicted octanol–water partition coefficient (Wildman–Crippen LogP) is 5.89. The van der Waals surface area contributed by atoms with E-state index in [0.717, 1.165) is 50.2 Å². The molecule has 0 spiro atoms. The standard InChI is InChI=1S/C20H22BrF3N2O2S.ClH/c1-2-8-26-9-7-15(13-26)14-3-5-18(6-4-14)25-29(27,28)19-11-16(20(22,23)24)10-17(21)12-19;/h3-6,10-12,15,25H,2,7-9,13H2,1H3;1H. The van der Waals surface area contributed by atoms with Crippen LogP contribution < -0.4 is 4.72 Å². The number of rotatable bonds is 6. The van der Waals surface area contributed by atoms with Crippen molar-refractivity contribution in [2.75, 3.05) is 24.4 Å². The minimum atomic E-state index is -4.64. The molecule has 1 heterocycles. The number of sulfonamides is 1. The molecule has 0 radical (unpaired) electrons. The van der Waals surface area contributed by atoms with E-state index in [0.29, 0.717) is 17.7 Å². The van der Waals surface area contributed by atoms with Gasteiger partial charge in [-0.1, -0.05) is 35.0 Å². The summed E-state index contributed by atoms with van der Waals surface area (Å²) in [4.78, 5) is 1.96. The van der Waals surface area contributed by atoms with E-state index in [1.165, 1.54) is 0 Å². The third-order valence-electron chi connectivity index (χ3n) is 4.96. The van der Waals surface area contributed by atoms with Crippen molar-refractivity contribution in [1.29, 1.82) is 0 Å². The number of nitrogens with one attached hydrogen (secondary N) is 1. The third kappa shape index (κ3) is 6.12. The van der Waals surface area contributed by atoms with Gasteiger partial charge in [0.15, 0.2) is 0 Å². The largest absolute Gasteiger partial charge is 0.416 e. The lowest BCUT2D eigenvalue weighted by atomic mass is 9.98. The summed E-state index contributed by atoms with van der Waals surface area (Å²) in [5.74, 6) is 0.409. The minimum absolute atomic E-state index is 0. The van der Waals surface area contributed by atoms with Crippen LogP contribution >= 0.6 is 28.3 Å². The predicted molar refractivity (Wildman–Crippen MR) is 118 cm³/mol. The summed E-state index contributed by atoms with van der Waals surface area (Å²) >= 11 is 2.95. The molecule has 0 aromatic heterocycles. The molecule has 2 aromatic rings. The van der Waals surface area contributed by atoms with Gasteiger partial charge in [0.1, 0.15) is 0 Å². The Balaban J connectivity index is 0.00000320. The number of benzene rings is 2. The Morgan fingerprint density at radius 1 is 1.17 bits per heavy atom. The Morgan fingerprint density at radius 2 is 1.83 bits per heavy atom. The molecule has 0 bridgehead atoms. The van der Waals surface area contributed by atoms with E-state index in [1.54, 1.807) is 12.1 Å². The number of nitrogens with zero attached hydrogens (tertiary/aromatic N) is 1. The molecule has 2 aromatic carbocycles. The van der Waals surface area contributed by atoms with Crippen LogP contribution in [0.25, 0.3) is 0 Å². The molecule has 0 amide bonds. The van der Waals surface area contributed by atoms with E-state index in [1.807, 2.05) is 12.1 Å². The molecule has 3 rings (SSSR count). The number of hydrogen-bond acceptors (Lipinski definition) is 3. The van der Waals surface area contributed by atoms with E-state index >= 15 is 0 Å². The SMILES string of the molecule is CCCN1CCC(c2ccc(NS(=O)(=O)c3cc(Br)cc(C(F)(F)F)c3)cc2)C1.Cl. The zero-order chi connectivity index (χ0) is 21.2. The summed E-state index contributed by atoms with van der Waals surface area (Å²) in [5, 5.41) is 0. The van der Waals surface area contributed by atoms with Crippen molar-refractivity contribution in [1.82, 2.24) is 4.90 Å². The first-order valence-electron chi connectivity index (χ1n) is 9.31. The number of likely N-dealkylation sites (tertiary alicyclic amines) is 1. The summed E-state index contributed by atoms with van der Waals surface area (Å²) in [7, 11) is -4.15. The van der Waals surface area contributed by atoms with Gasteiger partial charge >= 0.3 is 6.18 Å². The summed E-state index contributed by atoms with van der Waals surface area (Å²) in [6.45, 7) is 5.26. The van der Waals surface area contributed by atoms with Crippen LogP contribution in [0.5, 0.6) is 0 Å². The molecule has 1 atom stereocenters. The summed E-state index contributed by atoms with van der Waals surface area (Å²) in [6, 6.07) is 9.67. The van der Waals surface area contributed by atoms with Crippen LogP contribution in [0.2, 0.25) is 0 Å². The van der Waals surface area contributed by atoms with Crippen LogP contribution in [-0.2, 0) is 16.2 Å². The molecule has 0 aliphatic carbocycles. The van der Waals surface area contributed by atoms with E-state index < -0.39 is 26.7 Å². The van der Waals surface area contributed by atoms with Crippen molar-refractivity contribution in [2.45, 2.75) is 36.8 Å². The van der Waals surface area contributed by atoms with E-state index in [4.69, 9.17) is 0 Å². The molecule has 1 saturated heterocycles. The highest BCUT2D eigenvalue weighted by Gasteiger charge is 2.32. The number of halogens is 5. The normalized spacial score (nSPS) is 17.6. The maximum Gasteiger partial charge on any atom is 0.416 e. The second kappa shape index (κ2) is 9.89. The number of anilines is 1. The van der Waals surface area contributed by atoms with Gasteiger partial charge < -0.3 is 4.90 Å². The van der Waals surface area contributed by atoms with Gasteiger partial charge in [0, 0.05) is 16.7 Å². The van der Waals surface area contributed by atoms with Crippen LogP contribution in [0, 0.1) is 0 Å². The van der Waals surface area contributed by atoms with Crippen molar-refractivity contribution in [3.8, 4) is 0 Å². The smallest absolute Gasteiger partial charge is 0.303 e. The monoisotopic (exact) mass is 526 g/mol. The van der Waals surface area contributed by atoms with Gasteiger partial charge in [-0.2, -0.15) is 13.2 Å². The Labute approximate surface area is 189 Å². The quantitative estimate of drug-likeness (QED) is 0.510. The topological polar surface area (TPSA) is 49.4 Å². The zero-order valence-electron chi connectivity index (χ0n) is 16.2. The average molecular weight is 528 g/mol. The van der Waals surface area contributed by atoms with Crippen LogP contribution in [0.15, 0.2) is 51.8 Å². The second-order valence-electron chi connectivity index (χ2n) is 7.19. The Morgan fingerprint density at radius 3 is 2.43 bits per heavy atom. The van der Waals surface area contributed by atoms with Gasteiger partial charge in [-0.25, -0.2) is 8.42 Å². The fourth-order valence-electron chi connectivity index (χ4n) is 3.54. The summed E-state index contributed by atoms with van der Waals surface area (Å²) in [5.41, 5.74) is 0.416. The Hall–Kier alpha value is -1.29. The molecule has 30 heavy (non-hydrogen) atoms. The highest BCUT2D eigenvalue weighted by molar-refractivity contribution is 9.10. The molecule has 10 heteroatoms. The highest BCUT2D eigenvalue weighted by Crippen LogP contribution is 2.34. The first-order chi connectivity index (χ1) is 13.6. The van der Waals surface area contributed by atoms with Gasteiger partial charge in [-0.05, 0) is 67.7 Å². The molecule has 4 nitrogen and oxygen atoms in total. The van der Waals surface area contributed by atoms with Crippen LogP contribution in [-0.4, -0.2) is 33.0 Å². The highest BCUT2D eigenvalue weighted by atomic mass is 79.9. The van der Waals surface area contributed by atoms with Gasteiger partial charge in [-0.3, -0.25) is 4.72 Å². The fraction of sp³-hybridized carbons (Fsp3) is 0.400. The van der Waals surface area contributed by atoms with Gasteiger partial charge in [-0.15, -0.1) is 12.4 Å². The summed E-state index contributed by atoms with van der Waals surface area (Å²) in [6.07, 6.45) is -2.47. The van der Waals surface area contributed by atoms with Crippen molar-refractivity contribution in [3.05, 3.63) is 58.1 Å². The molecular formula is C20H23BrClF3N2O2S. The molecule has 1 aliphatic heterocycles. The first-order valence-corrected chi connectivity index (χ1v) is 11.6. The average Bonchev–Trinajstić information content (AvgIpc) is 3.10. The molecule has 1 N–H and O–H groups in total. The van der Waals surface area contributed by atoms with Crippen molar-refractivity contribution >= 4 is 44.0 Å². The summed E-state index contributed by atoms with van der Waals surface area (Å²) < 4.78 is 66.5. The molecule has 1 aliphatic rings. The molecule has 166 valence electrons. The van der Waals surface area contributed by atoms with Gasteiger partial charge in [0.05, 0.1) is 10.5 Å². The molecule has 1 fully saturated rings. The van der Waals surface area contributed by atoms with E-state index in [2.05, 4.69) is 32.5 Å².